The van der Waals surface area contributed by atoms with E-state index in [4.69, 9.17) is 14.2 Å². The second-order valence-electron chi connectivity index (χ2n) is 5.94. The Labute approximate surface area is 121 Å². The average Bonchev–Trinajstić information content (AvgIpc) is 2.42. The summed E-state index contributed by atoms with van der Waals surface area (Å²) in [5.41, 5.74) is 1.03. The maximum Gasteiger partial charge on any atom is 0.161 e. The fourth-order valence-corrected chi connectivity index (χ4v) is 2.13. The van der Waals surface area contributed by atoms with E-state index < -0.39 is 0 Å². The quantitative estimate of drug-likeness (QED) is 0.899. The highest BCUT2D eigenvalue weighted by atomic mass is 16.6. The predicted molar refractivity (Wildman–Crippen MR) is 79.6 cm³/mol. The van der Waals surface area contributed by atoms with E-state index in [1.54, 1.807) is 0 Å². The molecule has 0 amide bonds. The molecular formula is C16H25NO3. The van der Waals surface area contributed by atoms with Crippen LogP contribution in [-0.4, -0.2) is 32.0 Å². The van der Waals surface area contributed by atoms with Gasteiger partial charge in [0.2, 0.25) is 0 Å². The Balaban J connectivity index is 2.12. The van der Waals surface area contributed by atoms with Crippen molar-refractivity contribution in [3.63, 3.8) is 0 Å². The van der Waals surface area contributed by atoms with Crippen LogP contribution in [0.5, 0.6) is 11.5 Å². The zero-order valence-electron chi connectivity index (χ0n) is 12.9. The third-order valence-electron chi connectivity index (χ3n) is 3.10. The molecule has 0 bridgehead atoms. The molecule has 1 aliphatic rings. The summed E-state index contributed by atoms with van der Waals surface area (Å²) in [4.78, 5) is 0. The second-order valence-corrected chi connectivity index (χ2v) is 5.94. The Morgan fingerprint density at radius 1 is 1.20 bits per heavy atom. The highest BCUT2D eigenvalue weighted by Crippen LogP contribution is 2.33. The van der Waals surface area contributed by atoms with E-state index in [1.807, 2.05) is 12.1 Å². The van der Waals surface area contributed by atoms with Crippen LogP contribution in [0.25, 0.3) is 0 Å². The number of hydrogen-bond acceptors (Lipinski definition) is 4. The Hall–Kier alpha value is -1.26. The van der Waals surface area contributed by atoms with Gasteiger partial charge in [-0.05, 0) is 45.0 Å². The van der Waals surface area contributed by atoms with Gasteiger partial charge in [0.05, 0.1) is 18.2 Å². The fourth-order valence-electron chi connectivity index (χ4n) is 2.13. The molecule has 0 spiro atoms. The molecule has 1 aromatic carbocycles. The molecule has 4 heteroatoms. The van der Waals surface area contributed by atoms with Crippen LogP contribution in [0.3, 0.4) is 0 Å². The van der Waals surface area contributed by atoms with Crippen LogP contribution in [-0.2, 0) is 4.74 Å². The summed E-state index contributed by atoms with van der Waals surface area (Å²) < 4.78 is 17.1. The van der Waals surface area contributed by atoms with Gasteiger partial charge < -0.3 is 19.5 Å². The molecule has 1 aromatic rings. The van der Waals surface area contributed by atoms with Gasteiger partial charge in [0, 0.05) is 0 Å². The highest BCUT2D eigenvalue weighted by molar-refractivity contribution is 5.44. The lowest BCUT2D eigenvalue weighted by Gasteiger charge is -2.26. The lowest BCUT2D eigenvalue weighted by atomic mass is 10.1. The average molecular weight is 279 g/mol. The molecule has 1 N–H and O–H groups in total. The Morgan fingerprint density at radius 2 is 1.90 bits per heavy atom. The van der Waals surface area contributed by atoms with Crippen LogP contribution in [0, 0.1) is 0 Å². The predicted octanol–water partition coefficient (Wildman–Crippen LogP) is 2.92. The van der Waals surface area contributed by atoms with Crippen LogP contribution in [0.4, 0.5) is 0 Å². The standard InChI is InChI=1S/C16H25NO3/c1-5-17-13(11-20-16(2,3)4)12-6-7-14-15(10-12)19-9-8-18-14/h6-7,10,13,17H,5,8-9,11H2,1-4H3. The first-order valence-corrected chi connectivity index (χ1v) is 7.26. The molecule has 20 heavy (non-hydrogen) atoms. The number of rotatable bonds is 5. The monoisotopic (exact) mass is 279 g/mol. The molecule has 2 rings (SSSR count). The summed E-state index contributed by atoms with van der Waals surface area (Å²) in [6.07, 6.45) is 0. The third kappa shape index (κ3) is 4.12. The molecule has 1 atom stereocenters. The molecule has 0 aliphatic carbocycles. The molecule has 0 radical (unpaired) electrons. The van der Waals surface area contributed by atoms with E-state index in [1.165, 1.54) is 5.56 Å². The molecule has 4 nitrogen and oxygen atoms in total. The van der Waals surface area contributed by atoms with Gasteiger partial charge in [-0.15, -0.1) is 0 Å². The Bertz CT molecular complexity index is 440. The van der Waals surface area contributed by atoms with E-state index in [0.29, 0.717) is 19.8 Å². The molecule has 1 heterocycles. The minimum absolute atomic E-state index is 0.137. The van der Waals surface area contributed by atoms with Crippen molar-refractivity contribution in [3.8, 4) is 11.5 Å². The smallest absolute Gasteiger partial charge is 0.161 e. The summed E-state index contributed by atoms with van der Waals surface area (Å²) in [6.45, 7) is 11.1. The zero-order valence-corrected chi connectivity index (χ0v) is 12.9. The third-order valence-corrected chi connectivity index (χ3v) is 3.10. The number of fused-ring (bicyclic) bond motifs is 1. The molecule has 1 aliphatic heterocycles. The van der Waals surface area contributed by atoms with Gasteiger partial charge >= 0.3 is 0 Å². The molecule has 0 fully saturated rings. The number of nitrogens with one attached hydrogen (secondary N) is 1. The minimum atomic E-state index is -0.137. The SMILES string of the molecule is CCNC(COC(C)(C)C)c1ccc2c(c1)OCCO2. The Kier molecular flexibility index (Phi) is 4.89. The molecule has 1 unspecified atom stereocenters. The van der Waals surface area contributed by atoms with Crippen LogP contribution in [0.2, 0.25) is 0 Å². The van der Waals surface area contributed by atoms with Crippen molar-refractivity contribution in [2.45, 2.75) is 39.3 Å². The molecule has 0 saturated carbocycles. The van der Waals surface area contributed by atoms with Crippen molar-refractivity contribution < 1.29 is 14.2 Å². The lowest BCUT2D eigenvalue weighted by molar-refractivity contribution is -0.0146. The van der Waals surface area contributed by atoms with Crippen molar-refractivity contribution >= 4 is 0 Å². The van der Waals surface area contributed by atoms with Crippen LogP contribution < -0.4 is 14.8 Å². The minimum Gasteiger partial charge on any atom is -0.486 e. The van der Waals surface area contributed by atoms with E-state index in [0.717, 1.165) is 18.0 Å². The number of ether oxygens (including phenoxy) is 3. The van der Waals surface area contributed by atoms with Crippen molar-refractivity contribution in [3.05, 3.63) is 23.8 Å². The fraction of sp³-hybridized carbons (Fsp3) is 0.625. The van der Waals surface area contributed by atoms with Crippen molar-refractivity contribution in [1.82, 2.24) is 5.32 Å². The number of benzene rings is 1. The highest BCUT2D eigenvalue weighted by Gasteiger charge is 2.19. The van der Waals surface area contributed by atoms with Gasteiger partial charge in [-0.1, -0.05) is 13.0 Å². The van der Waals surface area contributed by atoms with Crippen LogP contribution >= 0.6 is 0 Å². The van der Waals surface area contributed by atoms with E-state index in [9.17, 15) is 0 Å². The lowest BCUT2D eigenvalue weighted by Crippen LogP contribution is -2.30. The van der Waals surface area contributed by atoms with Crippen LogP contribution in [0.1, 0.15) is 39.3 Å². The van der Waals surface area contributed by atoms with Crippen molar-refractivity contribution in [2.24, 2.45) is 0 Å². The van der Waals surface area contributed by atoms with Gasteiger partial charge in [-0.3, -0.25) is 0 Å². The first kappa shape index (κ1) is 15.1. The first-order chi connectivity index (χ1) is 9.49. The zero-order chi connectivity index (χ0) is 14.6. The second kappa shape index (κ2) is 6.46. The molecule has 112 valence electrons. The normalized spacial score (nSPS) is 16.0. The van der Waals surface area contributed by atoms with E-state index in [-0.39, 0.29) is 11.6 Å². The van der Waals surface area contributed by atoms with E-state index in [2.05, 4.69) is 39.1 Å². The summed E-state index contributed by atoms with van der Waals surface area (Å²) in [5.74, 6) is 1.65. The summed E-state index contributed by atoms with van der Waals surface area (Å²) in [6, 6.07) is 6.27. The van der Waals surface area contributed by atoms with Gasteiger partial charge in [0.15, 0.2) is 11.5 Å². The van der Waals surface area contributed by atoms with Crippen LogP contribution in [0.15, 0.2) is 18.2 Å². The number of likely N-dealkylation sites (N-methyl/N-ethyl adjacent to an activating group) is 1. The Morgan fingerprint density at radius 3 is 2.55 bits per heavy atom. The molecule has 0 saturated heterocycles. The summed E-state index contributed by atoms with van der Waals surface area (Å²) >= 11 is 0. The maximum atomic E-state index is 5.91. The van der Waals surface area contributed by atoms with Crippen molar-refractivity contribution in [1.29, 1.82) is 0 Å². The summed E-state index contributed by atoms with van der Waals surface area (Å²) in [7, 11) is 0. The molecular weight excluding hydrogens is 254 g/mol. The number of hydrogen-bond donors (Lipinski definition) is 1. The van der Waals surface area contributed by atoms with E-state index >= 15 is 0 Å². The topological polar surface area (TPSA) is 39.7 Å². The largest absolute Gasteiger partial charge is 0.486 e. The first-order valence-electron chi connectivity index (χ1n) is 7.26. The van der Waals surface area contributed by atoms with Gasteiger partial charge in [-0.25, -0.2) is 0 Å². The maximum absolute atomic E-state index is 5.91. The summed E-state index contributed by atoms with van der Waals surface area (Å²) in [5, 5.41) is 3.46. The van der Waals surface area contributed by atoms with Gasteiger partial charge in [0.1, 0.15) is 13.2 Å². The van der Waals surface area contributed by atoms with Crippen molar-refractivity contribution in [2.75, 3.05) is 26.4 Å². The molecule has 0 aromatic heterocycles. The van der Waals surface area contributed by atoms with Gasteiger partial charge in [-0.2, -0.15) is 0 Å². The van der Waals surface area contributed by atoms with Gasteiger partial charge in [0.25, 0.3) is 0 Å².